The summed E-state index contributed by atoms with van der Waals surface area (Å²) in [5.74, 6) is 1.28. The average Bonchev–Trinajstić information content (AvgIpc) is 3.93. The lowest BCUT2D eigenvalue weighted by Gasteiger charge is -2.12. The number of fused-ring (bicyclic) bond motifs is 12. The van der Waals surface area contributed by atoms with Crippen LogP contribution >= 0.6 is 0 Å². The normalized spacial score (nSPS) is 11.8. The molecule has 0 saturated carbocycles. The Morgan fingerprint density at radius 1 is 0.250 bits per heavy atom. The van der Waals surface area contributed by atoms with E-state index in [9.17, 15) is 0 Å². The largest absolute Gasteiger partial charge is 0.309 e. The fraction of sp³-hybridized carbons (Fsp3) is 0. The smallest absolute Gasteiger partial charge is 0.159 e. The lowest BCUT2D eigenvalue weighted by molar-refractivity contribution is 1.18. The first kappa shape index (κ1) is 38.1. The van der Waals surface area contributed by atoms with Crippen LogP contribution in [-0.2, 0) is 0 Å². The van der Waals surface area contributed by atoms with Crippen molar-refractivity contribution in [1.29, 1.82) is 0 Å². The molecule has 6 heteroatoms. The Hall–Kier alpha value is -9.26. The molecule has 0 atom stereocenters. The number of nitrogens with zero attached hydrogens (tertiary/aromatic N) is 6. The highest BCUT2D eigenvalue weighted by molar-refractivity contribution is 6.23. The molecule has 0 amide bonds. The summed E-state index contributed by atoms with van der Waals surface area (Å²) in [7, 11) is 0. The van der Waals surface area contributed by atoms with Crippen molar-refractivity contribution in [3.63, 3.8) is 0 Å². The highest BCUT2D eigenvalue weighted by Gasteiger charge is 2.18. The summed E-state index contributed by atoms with van der Waals surface area (Å²) < 4.78 is 4.70. The second-order valence-electron chi connectivity index (χ2n) is 17.5. The van der Waals surface area contributed by atoms with Crippen LogP contribution in [0, 0.1) is 0 Å². The molecular weight excluding hydrogens is 829 g/mol. The summed E-state index contributed by atoms with van der Waals surface area (Å²) in [6, 6.07) is 77.5. The Kier molecular flexibility index (Phi) is 8.48. The average molecular weight is 867 g/mol. The molecule has 10 aromatic carbocycles. The molecule has 0 aliphatic rings. The van der Waals surface area contributed by atoms with E-state index in [-0.39, 0.29) is 0 Å². The van der Waals surface area contributed by atoms with E-state index in [0.29, 0.717) is 11.6 Å². The van der Waals surface area contributed by atoms with Gasteiger partial charge < -0.3 is 9.13 Å². The molecule has 0 unspecified atom stereocenters. The molecule has 0 N–H and O–H groups in total. The number of aromatic nitrogens is 6. The number of para-hydroxylation sites is 4. The van der Waals surface area contributed by atoms with Crippen LogP contribution in [0.25, 0.3) is 133 Å². The van der Waals surface area contributed by atoms with Gasteiger partial charge in [0.15, 0.2) is 11.6 Å². The van der Waals surface area contributed by atoms with Gasteiger partial charge in [0.1, 0.15) is 11.0 Å². The number of rotatable bonds is 6. The minimum absolute atomic E-state index is 0.642. The van der Waals surface area contributed by atoms with Gasteiger partial charge in [-0.2, -0.15) is 0 Å². The zero-order valence-corrected chi connectivity index (χ0v) is 36.6. The standard InChI is InChI=1S/C62H38N6/c1-3-19-45(20-4-1)67-55-27-11-9-25-49(55)51-35-41(29-31-57(51)67)39-15-13-17-43(33-39)61-63-37-53-47-23-7-8-24-48(47)54-38-64-62(66-60(54)59(53)65-61)44-18-14-16-40(34-44)42-30-32-58-52(36-42)50-26-10-12-28-56(50)68(58)46-21-5-2-6-22-46/h1-38H. The Bertz CT molecular complexity index is 4040. The van der Waals surface area contributed by atoms with Gasteiger partial charge in [0.2, 0.25) is 0 Å². The van der Waals surface area contributed by atoms with Crippen LogP contribution < -0.4 is 0 Å². The molecule has 0 aliphatic heterocycles. The van der Waals surface area contributed by atoms with Gasteiger partial charge >= 0.3 is 0 Å². The summed E-state index contributed by atoms with van der Waals surface area (Å²) in [6.45, 7) is 0. The van der Waals surface area contributed by atoms with Crippen LogP contribution in [0.3, 0.4) is 0 Å². The molecule has 0 fully saturated rings. The maximum Gasteiger partial charge on any atom is 0.159 e. The van der Waals surface area contributed by atoms with Gasteiger partial charge in [-0.15, -0.1) is 0 Å². The maximum absolute atomic E-state index is 5.36. The number of hydrogen-bond acceptors (Lipinski definition) is 4. The Morgan fingerprint density at radius 2 is 0.618 bits per heavy atom. The van der Waals surface area contributed by atoms with Gasteiger partial charge in [-0.1, -0.05) is 146 Å². The molecule has 14 rings (SSSR count). The molecule has 68 heavy (non-hydrogen) atoms. The highest BCUT2D eigenvalue weighted by atomic mass is 15.0. The Labute approximate surface area is 390 Å². The molecule has 0 aliphatic carbocycles. The molecule has 14 aromatic rings. The van der Waals surface area contributed by atoms with Crippen molar-refractivity contribution in [1.82, 2.24) is 29.1 Å². The number of hydrogen-bond donors (Lipinski definition) is 0. The van der Waals surface area contributed by atoms with Gasteiger partial charge in [-0.3, -0.25) is 0 Å². The van der Waals surface area contributed by atoms with Gasteiger partial charge in [0.25, 0.3) is 0 Å². The van der Waals surface area contributed by atoms with Crippen molar-refractivity contribution in [2.24, 2.45) is 0 Å². The fourth-order valence-electron chi connectivity index (χ4n) is 10.4. The van der Waals surface area contributed by atoms with Gasteiger partial charge in [-0.05, 0) is 106 Å². The Morgan fingerprint density at radius 3 is 1.07 bits per heavy atom. The van der Waals surface area contributed by atoms with Crippen molar-refractivity contribution in [2.45, 2.75) is 0 Å². The van der Waals surface area contributed by atoms with Crippen LogP contribution in [0.1, 0.15) is 0 Å². The maximum atomic E-state index is 5.36. The SMILES string of the molecule is c1ccc(-n2c3ccccc3c3cc(-c4cccc(-c5ncc6c7ccccc7c7cnc(-c8cccc(-c9ccc%10c(c9)c9ccccc9n%10-c9ccccc9)c8)nc7c6n5)c4)ccc32)cc1. The monoisotopic (exact) mass is 866 g/mol. The zero-order valence-electron chi connectivity index (χ0n) is 36.6. The van der Waals surface area contributed by atoms with Crippen LogP contribution in [0.15, 0.2) is 231 Å². The summed E-state index contributed by atoms with van der Waals surface area (Å²) in [5.41, 5.74) is 14.9. The van der Waals surface area contributed by atoms with E-state index in [1.54, 1.807) is 0 Å². The molecule has 316 valence electrons. The summed E-state index contributed by atoms with van der Waals surface area (Å²) >= 11 is 0. The van der Waals surface area contributed by atoms with E-state index in [2.05, 4.69) is 228 Å². The molecule has 0 spiro atoms. The summed E-state index contributed by atoms with van der Waals surface area (Å²) in [5, 5.41) is 8.91. The van der Waals surface area contributed by atoms with E-state index in [1.165, 1.54) is 43.6 Å². The third-order valence-corrected chi connectivity index (χ3v) is 13.6. The van der Waals surface area contributed by atoms with Crippen LogP contribution in [-0.4, -0.2) is 29.1 Å². The molecule has 4 aromatic heterocycles. The minimum atomic E-state index is 0.642. The topological polar surface area (TPSA) is 61.4 Å². The lowest BCUT2D eigenvalue weighted by atomic mass is 9.99. The van der Waals surface area contributed by atoms with Crippen molar-refractivity contribution < 1.29 is 0 Å². The van der Waals surface area contributed by atoms with E-state index >= 15 is 0 Å². The third kappa shape index (κ3) is 5.98. The van der Waals surface area contributed by atoms with Crippen LogP contribution in [0.4, 0.5) is 0 Å². The van der Waals surface area contributed by atoms with Gasteiger partial charge in [0, 0.05) is 67.2 Å². The van der Waals surface area contributed by atoms with Crippen molar-refractivity contribution in [3.05, 3.63) is 231 Å². The Balaban J connectivity index is 0.872. The van der Waals surface area contributed by atoms with Crippen molar-refractivity contribution in [3.8, 4) is 56.4 Å². The predicted molar refractivity (Wildman–Crippen MR) is 281 cm³/mol. The first-order valence-electron chi connectivity index (χ1n) is 22.9. The van der Waals surface area contributed by atoms with E-state index in [4.69, 9.17) is 19.9 Å². The number of benzene rings is 10. The van der Waals surface area contributed by atoms with Crippen molar-refractivity contribution in [2.75, 3.05) is 0 Å². The fourth-order valence-corrected chi connectivity index (χ4v) is 10.4. The first-order valence-corrected chi connectivity index (χ1v) is 22.9. The van der Waals surface area contributed by atoms with Crippen molar-refractivity contribution >= 4 is 76.2 Å². The first-order chi connectivity index (χ1) is 33.7. The van der Waals surface area contributed by atoms with E-state index in [0.717, 1.165) is 77.3 Å². The van der Waals surface area contributed by atoms with Crippen LogP contribution in [0.2, 0.25) is 0 Å². The summed E-state index contributed by atoms with van der Waals surface area (Å²) in [4.78, 5) is 20.8. The molecule has 4 heterocycles. The van der Waals surface area contributed by atoms with Gasteiger partial charge in [-0.25, -0.2) is 19.9 Å². The van der Waals surface area contributed by atoms with Gasteiger partial charge in [0.05, 0.1) is 22.1 Å². The highest BCUT2D eigenvalue weighted by Crippen LogP contribution is 2.39. The second kappa shape index (κ2) is 15.2. The molecule has 0 saturated heterocycles. The quantitative estimate of drug-likeness (QED) is 0.156. The molecule has 6 nitrogen and oxygen atoms in total. The minimum Gasteiger partial charge on any atom is -0.309 e. The molecular formula is C62H38N6. The second-order valence-corrected chi connectivity index (χ2v) is 17.5. The zero-order chi connectivity index (χ0) is 44.7. The predicted octanol–water partition coefficient (Wildman–Crippen LogP) is 15.6. The van der Waals surface area contributed by atoms with E-state index in [1.807, 2.05) is 12.4 Å². The van der Waals surface area contributed by atoms with Crippen LogP contribution in [0.5, 0.6) is 0 Å². The lowest BCUT2D eigenvalue weighted by Crippen LogP contribution is -1.97. The van der Waals surface area contributed by atoms with E-state index < -0.39 is 0 Å². The molecule has 0 radical (unpaired) electrons. The molecule has 0 bridgehead atoms. The third-order valence-electron chi connectivity index (χ3n) is 13.6. The summed E-state index contributed by atoms with van der Waals surface area (Å²) in [6.07, 6.45) is 3.92.